The number of amides is 1. The number of likely N-dealkylation sites (tertiary alicyclic amines) is 1. The van der Waals surface area contributed by atoms with Crippen molar-refractivity contribution in [3.05, 3.63) is 42.1 Å². The van der Waals surface area contributed by atoms with Crippen molar-refractivity contribution in [2.45, 2.75) is 44.9 Å². The number of aliphatic hydroxyl groups is 1. The molecule has 1 aromatic carbocycles. The average Bonchev–Trinajstić information content (AvgIpc) is 3.63. The highest BCUT2D eigenvalue weighted by atomic mass is 19.1. The standard InChI is InChI=1S/C27H30FN7O3/c1-16-22(11-29-27(31-16)32-8-7-17(13-32)26(37)33-14-19(36)15-33)34-21-6-5-18(28)10-20(21)25-23(34)12-30-35(25)24-4-2-3-9-38-24/h5-6,10-12,17,19,24,36H,2-4,7-9,13-15H2,1H3. The maximum atomic E-state index is 14.4. The first-order valence-corrected chi connectivity index (χ1v) is 13.3. The number of aliphatic hydroxyl groups excluding tert-OH is 1. The van der Waals surface area contributed by atoms with E-state index in [1.807, 2.05) is 27.3 Å². The van der Waals surface area contributed by atoms with Crippen LogP contribution in [0.2, 0.25) is 0 Å². The molecule has 3 aliphatic heterocycles. The lowest BCUT2D eigenvalue weighted by atomic mass is 10.0. The third kappa shape index (κ3) is 3.75. The molecule has 3 aliphatic rings. The van der Waals surface area contributed by atoms with Crippen molar-refractivity contribution in [1.29, 1.82) is 0 Å². The Kier molecular flexibility index (Phi) is 5.59. The van der Waals surface area contributed by atoms with Crippen LogP contribution in [0.5, 0.6) is 0 Å². The second-order valence-corrected chi connectivity index (χ2v) is 10.6. The molecule has 2 unspecified atom stereocenters. The van der Waals surface area contributed by atoms with E-state index in [1.165, 1.54) is 6.07 Å². The van der Waals surface area contributed by atoms with E-state index in [2.05, 4.69) is 5.10 Å². The summed E-state index contributed by atoms with van der Waals surface area (Å²) >= 11 is 0. The van der Waals surface area contributed by atoms with Gasteiger partial charge < -0.3 is 24.2 Å². The Balaban J connectivity index is 1.23. The Morgan fingerprint density at radius 3 is 2.76 bits per heavy atom. The van der Waals surface area contributed by atoms with E-state index in [0.717, 1.165) is 59.0 Å². The molecule has 0 bridgehead atoms. The predicted molar refractivity (Wildman–Crippen MR) is 139 cm³/mol. The Hall–Kier alpha value is -3.57. The number of carbonyl (C=O) groups is 1. The number of hydrogen-bond acceptors (Lipinski definition) is 7. The molecule has 3 saturated heterocycles. The van der Waals surface area contributed by atoms with Crippen LogP contribution in [0.1, 0.15) is 37.6 Å². The van der Waals surface area contributed by atoms with E-state index in [0.29, 0.717) is 38.7 Å². The summed E-state index contributed by atoms with van der Waals surface area (Å²) in [7, 11) is 0. The summed E-state index contributed by atoms with van der Waals surface area (Å²) in [5, 5.41) is 15.0. The number of ether oxygens (including phenoxy) is 1. The second-order valence-electron chi connectivity index (χ2n) is 10.6. The predicted octanol–water partition coefficient (Wildman–Crippen LogP) is 2.95. The van der Waals surface area contributed by atoms with Crippen LogP contribution >= 0.6 is 0 Å². The molecule has 6 heterocycles. The Bertz CT molecular complexity index is 1540. The van der Waals surface area contributed by atoms with E-state index in [4.69, 9.17) is 14.7 Å². The molecule has 10 nitrogen and oxygen atoms in total. The summed E-state index contributed by atoms with van der Waals surface area (Å²) in [5.41, 5.74) is 4.12. The van der Waals surface area contributed by atoms with Crippen molar-refractivity contribution in [3.8, 4) is 5.69 Å². The van der Waals surface area contributed by atoms with Crippen LogP contribution in [0.15, 0.2) is 30.6 Å². The Labute approximate surface area is 218 Å². The fourth-order valence-corrected chi connectivity index (χ4v) is 6.05. The molecular weight excluding hydrogens is 489 g/mol. The largest absolute Gasteiger partial charge is 0.389 e. The van der Waals surface area contributed by atoms with Crippen LogP contribution < -0.4 is 4.90 Å². The number of fused-ring (bicyclic) bond motifs is 3. The van der Waals surface area contributed by atoms with Gasteiger partial charge in [0.05, 0.1) is 52.3 Å². The summed E-state index contributed by atoms with van der Waals surface area (Å²) < 4.78 is 24.3. The van der Waals surface area contributed by atoms with Gasteiger partial charge in [-0.2, -0.15) is 5.10 Å². The number of nitrogens with zero attached hydrogens (tertiary/aromatic N) is 7. The number of aryl methyl sites for hydroxylation is 1. The second kappa shape index (κ2) is 9.02. The third-order valence-corrected chi connectivity index (χ3v) is 8.08. The van der Waals surface area contributed by atoms with Gasteiger partial charge in [-0.15, -0.1) is 0 Å². The molecule has 3 fully saturated rings. The topological polar surface area (TPSA) is 102 Å². The SMILES string of the molecule is Cc1nc(N2CCC(C(=O)N3CC(O)C3)C2)ncc1-n1c2ccc(F)cc2c2c1cnn2C1CCCCO1. The lowest BCUT2D eigenvalue weighted by Gasteiger charge is -2.37. The van der Waals surface area contributed by atoms with Crippen molar-refractivity contribution in [1.82, 2.24) is 29.2 Å². The van der Waals surface area contributed by atoms with Gasteiger partial charge in [0.15, 0.2) is 6.23 Å². The highest BCUT2D eigenvalue weighted by Crippen LogP contribution is 2.36. The smallest absolute Gasteiger partial charge is 0.227 e. The highest BCUT2D eigenvalue weighted by molar-refractivity contribution is 6.07. The summed E-state index contributed by atoms with van der Waals surface area (Å²) in [6.07, 6.45) is 6.75. The van der Waals surface area contributed by atoms with E-state index < -0.39 is 6.10 Å². The fraction of sp³-hybridized carbons (Fsp3) is 0.481. The minimum absolute atomic E-state index is 0.0959. The quantitative estimate of drug-likeness (QED) is 0.442. The van der Waals surface area contributed by atoms with E-state index in [9.17, 15) is 14.3 Å². The van der Waals surface area contributed by atoms with Gasteiger partial charge in [0.25, 0.3) is 0 Å². The highest BCUT2D eigenvalue weighted by Gasteiger charge is 2.37. The number of aromatic nitrogens is 5. The molecule has 0 radical (unpaired) electrons. The number of β-amino-alcohol motifs (C(OH)–C–C–N with tert-alkyl or cyclic N) is 1. The van der Waals surface area contributed by atoms with Gasteiger partial charge >= 0.3 is 0 Å². The zero-order valence-corrected chi connectivity index (χ0v) is 21.3. The van der Waals surface area contributed by atoms with Gasteiger partial charge in [-0.05, 0) is 50.8 Å². The molecule has 0 aliphatic carbocycles. The number of rotatable bonds is 4. The molecule has 0 saturated carbocycles. The molecule has 1 N–H and O–H groups in total. The minimum Gasteiger partial charge on any atom is -0.389 e. The van der Waals surface area contributed by atoms with Crippen LogP contribution in [-0.2, 0) is 9.53 Å². The maximum Gasteiger partial charge on any atom is 0.227 e. The van der Waals surface area contributed by atoms with Crippen LogP contribution in [0.4, 0.5) is 10.3 Å². The first-order valence-electron chi connectivity index (χ1n) is 13.3. The van der Waals surface area contributed by atoms with Crippen molar-refractivity contribution in [2.24, 2.45) is 5.92 Å². The van der Waals surface area contributed by atoms with Gasteiger partial charge in [-0.3, -0.25) is 4.79 Å². The number of anilines is 1. The number of carbonyl (C=O) groups excluding carboxylic acids is 1. The number of hydrogen-bond donors (Lipinski definition) is 1. The fourth-order valence-electron chi connectivity index (χ4n) is 6.05. The third-order valence-electron chi connectivity index (χ3n) is 8.08. The average molecular weight is 520 g/mol. The normalized spacial score (nSPS) is 22.5. The molecule has 38 heavy (non-hydrogen) atoms. The molecular formula is C27H30FN7O3. The van der Waals surface area contributed by atoms with Gasteiger partial charge in [0.1, 0.15) is 5.82 Å². The maximum absolute atomic E-state index is 14.4. The van der Waals surface area contributed by atoms with Gasteiger partial charge in [-0.25, -0.2) is 19.0 Å². The Morgan fingerprint density at radius 1 is 1.13 bits per heavy atom. The molecule has 4 aromatic rings. The van der Waals surface area contributed by atoms with Crippen molar-refractivity contribution < 1.29 is 19.0 Å². The van der Waals surface area contributed by atoms with Crippen LogP contribution in [-0.4, -0.2) is 79.1 Å². The summed E-state index contributed by atoms with van der Waals surface area (Å²) in [5.74, 6) is 0.277. The first-order chi connectivity index (χ1) is 18.5. The van der Waals surface area contributed by atoms with Crippen molar-refractivity contribution >= 4 is 33.8 Å². The lowest BCUT2D eigenvalue weighted by Crippen LogP contribution is -2.55. The molecule has 1 amide bonds. The van der Waals surface area contributed by atoms with Gasteiger partial charge in [0, 0.05) is 38.2 Å². The first kappa shape index (κ1) is 23.5. The zero-order chi connectivity index (χ0) is 26.0. The van der Waals surface area contributed by atoms with E-state index in [-0.39, 0.29) is 23.9 Å². The van der Waals surface area contributed by atoms with Crippen LogP contribution in [0.25, 0.3) is 27.6 Å². The monoisotopic (exact) mass is 519 g/mol. The summed E-state index contributed by atoms with van der Waals surface area (Å²) in [6, 6.07) is 4.81. The van der Waals surface area contributed by atoms with Crippen LogP contribution in [0.3, 0.4) is 0 Å². The van der Waals surface area contributed by atoms with Gasteiger partial charge in [-0.1, -0.05) is 0 Å². The molecule has 2 atom stereocenters. The number of halogens is 1. The van der Waals surface area contributed by atoms with Gasteiger partial charge in [0.2, 0.25) is 11.9 Å². The van der Waals surface area contributed by atoms with E-state index >= 15 is 0 Å². The molecule has 7 rings (SSSR count). The lowest BCUT2D eigenvalue weighted by molar-refractivity contribution is -0.145. The molecule has 11 heteroatoms. The Morgan fingerprint density at radius 2 is 2.00 bits per heavy atom. The number of benzene rings is 1. The molecule has 0 spiro atoms. The zero-order valence-electron chi connectivity index (χ0n) is 21.3. The van der Waals surface area contributed by atoms with Crippen molar-refractivity contribution in [3.63, 3.8) is 0 Å². The molecule has 198 valence electrons. The molecule has 3 aromatic heterocycles. The van der Waals surface area contributed by atoms with Crippen LogP contribution in [0, 0.1) is 18.7 Å². The van der Waals surface area contributed by atoms with Crippen molar-refractivity contribution in [2.75, 3.05) is 37.7 Å². The summed E-state index contributed by atoms with van der Waals surface area (Å²) in [6.45, 7) is 4.75. The minimum atomic E-state index is -0.398. The van der Waals surface area contributed by atoms with E-state index in [1.54, 1.807) is 23.2 Å². The summed E-state index contributed by atoms with van der Waals surface area (Å²) in [4.78, 5) is 26.0.